The van der Waals surface area contributed by atoms with Crippen molar-refractivity contribution in [2.45, 2.75) is 46.8 Å². The molecule has 0 aliphatic heterocycles. The Bertz CT molecular complexity index is 378. The van der Waals surface area contributed by atoms with Crippen LogP contribution in [0.1, 0.15) is 38.6 Å². The first-order valence-electron chi connectivity index (χ1n) is 6.97. The Morgan fingerprint density at radius 2 is 2.05 bits per heavy atom. The van der Waals surface area contributed by atoms with E-state index < -0.39 is 0 Å². The first-order chi connectivity index (χ1) is 8.99. The van der Waals surface area contributed by atoms with Gasteiger partial charge in [0.2, 0.25) is 0 Å². The number of ether oxygens (including phenoxy) is 1. The summed E-state index contributed by atoms with van der Waals surface area (Å²) in [6.45, 7) is 10.3. The molecular weight excluding hydrogens is 240 g/mol. The van der Waals surface area contributed by atoms with Crippen LogP contribution in [0, 0.1) is 12.8 Å². The van der Waals surface area contributed by atoms with Crippen LogP contribution in [0.5, 0.6) is 5.75 Å². The van der Waals surface area contributed by atoms with Crippen molar-refractivity contribution in [1.82, 2.24) is 10.3 Å². The van der Waals surface area contributed by atoms with Crippen molar-refractivity contribution in [3.8, 4) is 5.75 Å². The van der Waals surface area contributed by atoms with E-state index in [0.29, 0.717) is 25.5 Å². The fourth-order valence-electron chi connectivity index (χ4n) is 1.67. The second-order valence-corrected chi connectivity index (χ2v) is 5.41. The van der Waals surface area contributed by atoms with E-state index in [-0.39, 0.29) is 6.10 Å². The molecule has 0 bridgehead atoms. The number of aliphatic hydroxyl groups excluding tert-OH is 1. The minimum atomic E-state index is -0.332. The molecule has 1 atom stereocenters. The van der Waals surface area contributed by atoms with Crippen LogP contribution in [-0.4, -0.2) is 29.3 Å². The first-order valence-corrected chi connectivity index (χ1v) is 6.97. The molecule has 0 saturated carbocycles. The molecule has 1 heterocycles. The number of aryl methyl sites for hydroxylation is 1. The normalized spacial score (nSPS) is 12.7. The first kappa shape index (κ1) is 15.9. The molecule has 1 aromatic rings. The van der Waals surface area contributed by atoms with Crippen LogP contribution >= 0.6 is 0 Å². The summed E-state index contributed by atoms with van der Waals surface area (Å²) in [6.07, 6.45) is 0.299. The minimum absolute atomic E-state index is 0.332. The number of aliphatic hydroxyl groups is 1. The van der Waals surface area contributed by atoms with Gasteiger partial charge in [-0.1, -0.05) is 13.8 Å². The zero-order valence-electron chi connectivity index (χ0n) is 12.4. The molecule has 4 heteroatoms. The van der Waals surface area contributed by atoms with Crippen LogP contribution in [0.4, 0.5) is 0 Å². The molecule has 0 spiro atoms. The van der Waals surface area contributed by atoms with Crippen molar-refractivity contribution in [2.24, 2.45) is 5.92 Å². The molecule has 2 N–H and O–H groups in total. The van der Waals surface area contributed by atoms with E-state index in [1.165, 1.54) is 0 Å². The molecule has 0 aliphatic carbocycles. The largest absolute Gasteiger partial charge is 0.492 e. The van der Waals surface area contributed by atoms with Gasteiger partial charge in [-0.2, -0.15) is 0 Å². The van der Waals surface area contributed by atoms with Gasteiger partial charge in [0.25, 0.3) is 0 Å². The Hall–Kier alpha value is -1.13. The molecule has 1 rings (SSSR count). The van der Waals surface area contributed by atoms with Crippen molar-refractivity contribution >= 4 is 0 Å². The van der Waals surface area contributed by atoms with Crippen LogP contribution in [0.2, 0.25) is 0 Å². The highest BCUT2D eigenvalue weighted by molar-refractivity contribution is 5.29. The van der Waals surface area contributed by atoms with E-state index in [2.05, 4.69) is 24.1 Å². The van der Waals surface area contributed by atoms with Gasteiger partial charge >= 0.3 is 0 Å². The summed E-state index contributed by atoms with van der Waals surface area (Å²) in [5.41, 5.74) is 1.93. The maximum absolute atomic E-state index is 9.24. The molecular formula is C15H26N2O2. The minimum Gasteiger partial charge on any atom is -0.492 e. The Kier molecular flexibility index (Phi) is 6.81. The van der Waals surface area contributed by atoms with Crippen molar-refractivity contribution in [3.05, 3.63) is 23.5 Å². The summed E-state index contributed by atoms with van der Waals surface area (Å²) >= 11 is 0. The number of pyridine rings is 1. The van der Waals surface area contributed by atoms with Gasteiger partial charge in [-0.05, 0) is 38.4 Å². The summed E-state index contributed by atoms with van der Waals surface area (Å²) < 4.78 is 5.70. The molecule has 0 radical (unpaired) electrons. The van der Waals surface area contributed by atoms with Gasteiger partial charge in [0, 0.05) is 18.7 Å². The van der Waals surface area contributed by atoms with Crippen molar-refractivity contribution in [2.75, 3.05) is 13.2 Å². The Labute approximate surface area is 116 Å². The topological polar surface area (TPSA) is 54.4 Å². The van der Waals surface area contributed by atoms with Crippen LogP contribution in [0.15, 0.2) is 12.1 Å². The van der Waals surface area contributed by atoms with Gasteiger partial charge in [-0.3, -0.25) is 4.98 Å². The SMILES string of the molecule is Cc1ccc(OCCC(C)O)c(CNCC(C)C)n1. The van der Waals surface area contributed by atoms with Gasteiger partial charge in [0.1, 0.15) is 5.75 Å². The van der Waals surface area contributed by atoms with Crippen molar-refractivity contribution in [3.63, 3.8) is 0 Å². The predicted molar refractivity (Wildman–Crippen MR) is 77.3 cm³/mol. The summed E-state index contributed by atoms with van der Waals surface area (Å²) in [4.78, 5) is 4.52. The van der Waals surface area contributed by atoms with Gasteiger partial charge in [-0.15, -0.1) is 0 Å². The number of hydrogen-bond acceptors (Lipinski definition) is 4. The number of hydrogen-bond donors (Lipinski definition) is 2. The van der Waals surface area contributed by atoms with E-state index in [9.17, 15) is 5.11 Å². The van der Waals surface area contributed by atoms with Gasteiger partial charge < -0.3 is 15.2 Å². The van der Waals surface area contributed by atoms with Crippen LogP contribution < -0.4 is 10.1 Å². The maximum Gasteiger partial charge on any atom is 0.142 e. The Morgan fingerprint density at radius 3 is 2.68 bits per heavy atom. The summed E-state index contributed by atoms with van der Waals surface area (Å²) in [5.74, 6) is 1.42. The molecule has 108 valence electrons. The second kappa shape index (κ2) is 8.12. The van der Waals surface area contributed by atoms with E-state index in [0.717, 1.165) is 23.7 Å². The van der Waals surface area contributed by atoms with Gasteiger partial charge in [0.15, 0.2) is 0 Å². The lowest BCUT2D eigenvalue weighted by Gasteiger charge is -2.13. The summed E-state index contributed by atoms with van der Waals surface area (Å²) in [5, 5.41) is 12.6. The molecule has 0 fully saturated rings. The highest BCUT2D eigenvalue weighted by Gasteiger charge is 2.07. The Balaban J connectivity index is 2.58. The van der Waals surface area contributed by atoms with E-state index in [1.807, 2.05) is 19.1 Å². The van der Waals surface area contributed by atoms with Crippen molar-refractivity contribution < 1.29 is 9.84 Å². The zero-order valence-corrected chi connectivity index (χ0v) is 12.4. The van der Waals surface area contributed by atoms with Crippen molar-refractivity contribution in [1.29, 1.82) is 0 Å². The summed E-state index contributed by atoms with van der Waals surface area (Å²) in [6, 6.07) is 3.90. The molecule has 0 aromatic carbocycles. The number of rotatable bonds is 8. The van der Waals surface area contributed by atoms with E-state index >= 15 is 0 Å². The van der Waals surface area contributed by atoms with Crippen LogP contribution in [-0.2, 0) is 6.54 Å². The van der Waals surface area contributed by atoms with Crippen LogP contribution in [0.25, 0.3) is 0 Å². The molecule has 4 nitrogen and oxygen atoms in total. The highest BCUT2D eigenvalue weighted by atomic mass is 16.5. The van der Waals surface area contributed by atoms with Gasteiger partial charge in [0.05, 0.1) is 18.4 Å². The summed E-state index contributed by atoms with van der Waals surface area (Å²) in [7, 11) is 0. The lowest BCUT2D eigenvalue weighted by molar-refractivity contribution is 0.155. The van der Waals surface area contributed by atoms with E-state index in [4.69, 9.17) is 4.74 Å². The van der Waals surface area contributed by atoms with E-state index in [1.54, 1.807) is 6.92 Å². The number of nitrogens with zero attached hydrogens (tertiary/aromatic N) is 1. The highest BCUT2D eigenvalue weighted by Crippen LogP contribution is 2.17. The molecule has 19 heavy (non-hydrogen) atoms. The molecule has 0 amide bonds. The monoisotopic (exact) mass is 266 g/mol. The lowest BCUT2D eigenvalue weighted by atomic mass is 10.2. The molecule has 1 aromatic heterocycles. The third kappa shape index (κ3) is 6.55. The number of aromatic nitrogens is 1. The Morgan fingerprint density at radius 1 is 1.32 bits per heavy atom. The molecule has 1 unspecified atom stereocenters. The predicted octanol–water partition coefficient (Wildman–Crippen LogP) is 2.29. The maximum atomic E-state index is 9.24. The zero-order chi connectivity index (χ0) is 14.3. The number of nitrogens with one attached hydrogen (secondary N) is 1. The average molecular weight is 266 g/mol. The smallest absolute Gasteiger partial charge is 0.142 e. The standard InChI is InChI=1S/C15H26N2O2/c1-11(2)9-16-10-14-15(6-5-12(3)17-14)19-8-7-13(4)18/h5-6,11,13,16,18H,7-10H2,1-4H3. The lowest BCUT2D eigenvalue weighted by Crippen LogP contribution is -2.20. The fourth-order valence-corrected chi connectivity index (χ4v) is 1.67. The molecule has 0 saturated heterocycles. The quantitative estimate of drug-likeness (QED) is 0.758. The molecule has 0 aliphatic rings. The van der Waals surface area contributed by atoms with Gasteiger partial charge in [-0.25, -0.2) is 0 Å². The second-order valence-electron chi connectivity index (χ2n) is 5.41. The third-order valence-corrected chi connectivity index (χ3v) is 2.71. The van der Waals surface area contributed by atoms with Crippen LogP contribution in [0.3, 0.4) is 0 Å². The fraction of sp³-hybridized carbons (Fsp3) is 0.667. The third-order valence-electron chi connectivity index (χ3n) is 2.71. The average Bonchev–Trinajstić information content (AvgIpc) is 2.31.